The normalized spacial score (nSPS) is 35.3. The van der Waals surface area contributed by atoms with Crippen molar-refractivity contribution in [3.63, 3.8) is 0 Å². The number of nitrogens with one attached hydrogen (secondary N) is 1. The predicted molar refractivity (Wildman–Crippen MR) is 229 cm³/mol. The summed E-state index contributed by atoms with van der Waals surface area (Å²) in [5, 5.41) is 0. The van der Waals surface area contributed by atoms with Gasteiger partial charge in [0.2, 0.25) is 0 Å². The van der Waals surface area contributed by atoms with Crippen LogP contribution in [-0.4, -0.2) is 60.5 Å². The average molecular weight is 925 g/mol. The fourth-order valence-corrected chi connectivity index (χ4v) is 13.1. The van der Waals surface area contributed by atoms with Gasteiger partial charge < -0.3 is 24.7 Å². The third-order valence-electron chi connectivity index (χ3n) is 13.3. The molecule has 11 atom stereocenters. The third-order valence-corrected chi connectivity index (χ3v) is 15.9. The van der Waals surface area contributed by atoms with Crippen LogP contribution in [0.2, 0.25) is 0 Å². The molecule has 4 aliphatic carbocycles. The standard InChI is InChI=1S/C24H36BrNO4S.C20H28BrNO3/c1-8-30-21(27)24(26-31(28)22(4,5)6)19-11-18(25)10-9-17(19)14-23(24)12-15(2)20(29-7)16(3)13-23;1-5-25-18(23)20(22)16-8-15(21)7-6-14(16)11-19(20)9-12(2)17(24-4)13(3)10-19/h9-11,15-16,20,26H,8,12-14H2,1-7H3;6-8,12-13,17H,5,9-11,22H2,1-4H3/t15-,16+,20?,23?,24-,31+;12-,13+,17?,19?,20-/m11/s1. The lowest BCUT2D eigenvalue weighted by atomic mass is 9.56. The van der Waals surface area contributed by atoms with Crippen molar-refractivity contribution in [2.24, 2.45) is 40.2 Å². The molecule has 2 fully saturated rings. The van der Waals surface area contributed by atoms with Crippen molar-refractivity contribution in [3.05, 3.63) is 67.6 Å². The molecule has 0 amide bonds. The van der Waals surface area contributed by atoms with Crippen LogP contribution in [-0.2, 0) is 63.4 Å². The Morgan fingerprint density at radius 3 is 1.61 bits per heavy atom. The van der Waals surface area contributed by atoms with Gasteiger partial charge in [0, 0.05) is 34.0 Å². The Hall–Kier alpha value is -1.67. The third kappa shape index (κ3) is 7.76. The van der Waals surface area contributed by atoms with E-state index in [-0.39, 0.29) is 48.0 Å². The second-order valence-electron chi connectivity index (χ2n) is 18.1. The Bertz CT molecular complexity index is 1780. The molecule has 0 bridgehead atoms. The molecule has 56 heavy (non-hydrogen) atoms. The van der Waals surface area contributed by atoms with Crippen molar-refractivity contribution < 1.29 is 32.7 Å². The van der Waals surface area contributed by atoms with Gasteiger partial charge in [-0.2, -0.15) is 0 Å². The Morgan fingerprint density at radius 1 is 0.750 bits per heavy atom. The number of carbonyl (C=O) groups excluding carboxylic acids is 2. The molecule has 2 spiro atoms. The first kappa shape index (κ1) is 45.4. The molecule has 0 heterocycles. The first-order chi connectivity index (χ1) is 26.2. The van der Waals surface area contributed by atoms with Gasteiger partial charge in [0.1, 0.15) is 5.54 Å². The van der Waals surface area contributed by atoms with E-state index in [2.05, 4.69) is 76.4 Å². The Labute approximate surface area is 354 Å². The number of hydrogen-bond donors (Lipinski definition) is 2. The van der Waals surface area contributed by atoms with Crippen LogP contribution in [0.15, 0.2) is 45.3 Å². The molecule has 6 rings (SSSR count). The fourth-order valence-electron chi connectivity index (χ4n) is 11.4. The fraction of sp³-hybridized carbons (Fsp3) is 0.682. The summed E-state index contributed by atoms with van der Waals surface area (Å²) in [4.78, 5) is 27.0. The summed E-state index contributed by atoms with van der Waals surface area (Å²) in [7, 11) is 2.08. The van der Waals surface area contributed by atoms with E-state index in [9.17, 15) is 13.8 Å². The quantitative estimate of drug-likeness (QED) is 0.252. The number of benzene rings is 2. The molecule has 0 saturated heterocycles. The van der Waals surface area contributed by atoms with E-state index >= 15 is 0 Å². The molecular weight excluding hydrogens is 860 g/mol. The molecule has 3 N–H and O–H groups in total. The van der Waals surface area contributed by atoms with Crippen LogP contribution in [0.25, 0.3) is 0 Å². The minimum atomic E-state index is -1.46. The number of rotatable bonds is 8. The number of esters is 2. The van der Waals surface area contributed by atoms with Gasteiger partial charge in [0.25, 0.3) is 0 Å². The first-order valence-corrected chi connectivity index (χ1v) is 22.9. The highest BCUT2D eigenvalue weighted by atomic mass is 79.9. The van der Waals surface area contributed by atoms with Gasteiger partial charge in [-0.3, -0.25) is 0 Å². The molecule has 4 aliphatic rings. The molecule has 312 valence electrons. The van der Waals surface area contributed by atoms with E-state index < -0.39 is 32.2 Å². The van der Waals surface area contributed by atoms with E-state index in [4.69, 9.17) is 24.7 Å². The minimum absolute atomic E-state index is 0.133. The molecule has 9 nitrogen and oxygen atoms in total. The predicted octanol–water partition coefficient (Wildman–Crippen LogP) is 8.67. The molecular formula is C44H64Br2N2O7S. The number of halogens is 2. The zero-order valence-electron chi connectivity index (χ0n) is 35.2. The SMILES string of the molecule is CCOC(=O)[C@]1(N)c2cc(Br)ccc2CC12C[C@@H](C)C(OC)[C@@H](C)C2.CCOC(=O)[C@]1(N[S@@](=O)C(C)(C)C)c2cc(Br)ccc2CC12C[C@@H](C)C(OC)[C@@H](C)C2. The lowest BCUT2D eigenvalue weighted by molar-refractivity contribution is -0.163. The summed E-state index contributed by atoms with van der Waals surface area (Å²) >= 11 is 7.13. The first-order valence-electron chi connectivity index (χ1n) is 20.2. The van der Waals surface area contributed by atoms with Gasteiger partial charge in [-0.15, -0.1) is 0 Å². The second kappa shape index (κ2) is 17.1. The van der Waals surface area contributed by atoms with Gasteiger partial charge in [-0.1, -0.05) is 71.7 Å². The van der Waals surface area contributed by atoms with Crippen molar-refractivity contribution in [2.75, 3.05) is 27.4 Å². The zero-order valence-corrected chi connectivity index (χ0v) is 39.2. The van der Waals surface area contributed by atoms with Crippen LogP contribution >= 0.6 is 31.9 Å². The van der Waals surface area contributed by atoms with Crippen molar-refractivity contribution in [3.8, 4) is 0 Å². The molecule has 4 unspecified atom stereocenters. The average Bonchev–Trinajstić information content (AvgIpc) is 3.49. The van der Waals surface area contributed by atoms with Crippen molar-refractivity contribution in [1.29, 1.82) is 0 Å². The van der Waals surface area contributed by atoms with E-state index in [1.807, 2.05) is 58.9 Å². The van der Waals surface area contributed by atoms with E-state index in [0.29, 0.717) is 18.4 Å². The Balaban J connectivity index is 0.000000219. The lowest BCUT2D eigenvalue weighted by Crippen LogP contribution is -2.64. The maximum Gasteiger partial charge on any atom is 0.332 e. The molecule has 0 aromatic heterocycles. The maximum atomic E-state index is 13.9. The summed E-state index contributed by atoms with van der Waals surface area (Å²) in [5.41, 5.74) is 7.97. The highest BCUT2D eigenvalue weighted by Crippen LogP contribution is 2.62. The lowest BCUT2D eigenvalue weighted by Gasteiger charge is -2.52. The number of fused-ring (bicyclic) bond motifs is 2. The summed E-state index contributed by atoms with van der Waals surface area (Å²) in [5.74, 6) is 0.546. The van der Waals surface area contributed by atoms with Crippen LogP contribution in [0, 0.1) is 34.5 Å². The molecule has 2 saturated carbocycles. The van der Waals surface area contributed by atoms with Gasteiger partial charge in [0.05, 0.1) is 41.2 Å². The maximum absolute atomic E-state index is 13.9. The van der Waals surface area contributed by atoms with Gasteiger partial charge in [-0.25, -0.2) is 18.5 Å². The summed E-state index contributed by atoms with van der Waals surface area (Å²) < 4.78 is 40.9. The smallest absolute Gasteiger partial charge is 0.332 e. The van der Waals surface area contributed by atoms with Crippen molar-refractivity contribution >= 4 is 54.8 Å². The number of ether oxygens (including phenoxy) is 4. The molecule has 0 aliphatic heterocycles. The topological polar surface area (TPSA) is 126 Å². The number of carbonyl (C=O) groups is 2. The number of hydrogen-bond acceptors (Lipinski definition) is 8. The van der Waals surface area contributed by atoms with Crippen LogP contribution in [0.3, 0.4) is 0 Å². The van der Waals surface area contributed by atoms with Gasteiger partial charge in [-0.05, 0) is 143 Å². The van der Waals surface area contributed by atoms with Gasteiger partial charge >= 0.3 is 11.9 Å². The molecule has 2 aromatic carbocycles. The zero-order chi connectivity index (χ0) is 41.6. The Kier molecular flexibility index (Phi) is 13.9. The van der Waals surface area contributed by atoms with Crippen molar-refractivity contribution in [1.82, 2.24) is 4.72 Å². The summed E-state index contributed by atoms with van der Waals surface area (Å²) in [6.07, 6.45) is 5.19. The molecule has 12 heteroatoms. The number of nitrogens with two attached hydrogens (primary N) is 1. The highest BCUT2D eigenvalue weighted by molar-refractivity contribution is 9.10. The Morgan fingerprint density at radius 2 is 1.16 bits per heavy atom. The van der Waals surface area contributed by atoms with Crippen LogP contribution in [0.5, 0.6) is 0 Å². The van der Waals surface area contributed by atoms with E-state index in [1.165, 1.54) is 0 Å². The second-order valence-corrected chi connectivity index (χ2v) is 21.9. The van der Waals surface area contributed by atoms with Crippen LogP contribution in [0.1, 0.15) is 110 Å². The molecule has 0 radical (unpaired) electrons. The van der Waals surface area contributed by atoms with Gasteiger partial charge in [0.15, 0.2) is 5.54 Å². The van der Waals surface area contributed by atoms with Crippen molar-refractivity contribution in [2.45, 2.75) is 129 Å². The van der Waals surface area contributed by atoms with Crippen LogP contribution in [0.4, 0.5) is 0 Å². The van der Waals surface area contributed by atoms with Crippen LogP contribution < -0.4 is 10.5 Å². The minimum Gasteiger partial charge on any atom is -0.464 e. The highest BCUT2D eigenvalue weighted by Gasteiger charge is 2.67. The largest absolute Gasteiger partial charge is 0.464 e. The van der Waals surface area contributed by atoms with E-state index in [1.54, 1.807) is 14.2 Å². The summed E-state index contributed by atoms with van der Waals surface area (Å²) in [6.45, 7) is 18.8. The monoisotopic (exact) mass is 922 g/mol. The summed E-state index contributed by atoms with van der Waals surface area (Å²) in [6, 6.07) is 12.2. The molecule has 2 aromatic rings. The number of methoxy groups -OCH3 is 2. The van der Waals surface area contributed by atoms with E-state index in [0.717, 1.165) is 69.7 Å².